The first-order chi connectivity index (χ1) is 16.1. The maximum atomic E-state index is 13.4. The number of nitrogens with zero attached hydrogens (tertiary/aromatic N) is 1. The second-order valence-electron chi connectivity index (χ2n) is 7.75. The van der Waals surface area contributed by atoms with Crippen molar-refractivity contribution in [3.63, 3.8) is 0 Å². The second-order valence-corrected chi connectivity index (χ2v) is 8.67. The van der Waals surface area contributed by atoms with E-state index >= 15 is 0 Å². The number of para-hydroxylation sites is 1. The molecule has 0 radical (unpaired) electrons. The number of carbonyl (C=O) groups is 2. The number of rotatable bonds is 11. The Balaban J connectivity index is 1.88. The van der Waals surface area contributed by atoms with E-state index in [1.165, 1.54) is 0 Å². The second kappa shape index (κ2) is 12.8. The molecule has 5 nitrogen and oxygen atoms in total. The van der Waals surface area contributed by atoms with Gasteiger partial charge in [-0.2, -0.15) is 0 Å². The van der Waals surface area contributed by atoms with Gasteiger partial charge in [0.25, 0.3) is 5.91 Å². The summed E-state index contributed by atoms with van der Waals surface area (Å²) in [6.45, 7) is 2.71. The van der Waals surface area contributed by atoms with Gasteiger partial charge < -0.3 is 15.0 Å². The van der Waals surface area contributed by atoms with Crippen LogP contribution in [-0.2, 0) is 22.6 Å². The number of nitrogens with one attached hydrogen (secondary N) is 1. The van der Waals surface area contributed by atoms with E-state index in [-0.39, 0.29) is 18.4 Å². The van der Waals surface area contributed by atoms with Crippen LogP contribution in [0.3, 0.4) is 0 Å². The van der Waals surface area contributed by atoms with Gasteiger partial charge in [-0.05, 0) is 41.8 Å². The number of hydrogen-bond donors (Lipinski definition) is 1. The van der Waals surface area contributed by atoms with Crippen molar-refractivity contribution < 1.29 is 14.3 Å². The van der Waals surface area contributed by atoms with E-state index in [0.717, 1.165) is 22.0 Å². The highest BCUT2D eigenvalue weighted by Crippen LogP contribution is 2.18. The number of halogens is 1. The normalized spacial score (nSPS) is 11.5. The standard InChI is InChI=1S/C27H29BrN2O3/c1-2-16-29-27(32)25(18-21-10-5-3-6-11-21)30(19-22-12-9-13-23(28)17-22)26(31)20-33-24-14-7-4-8-15-24/h3-15,17,25H,2,16,18-20H2,1H3,(H,29,32). The Morgan fingerprint density at radius 3 is 2.27 bits per heavy atom. The topological polar surface area (TPSA) is 58.6 Å². The number of ether oxygens (including phenoxy) is 1. The van der Waals surface area contributed by atoms with Crippen molar-refractivity contribution in [3.8, 4) is 5.75 Å². The third-order valence-electron chi connectivity index (χ3n) is 5.17. The van der Waals surface area contributed by atoms with Gasteiger partial charge in [-0.25, -0.2) is 0 Å². The minimum Gasteiger partial charge on any atom is -0.484 e. The zero-order valence-electron chi connectivity index (χ0n) is 18.7. The zero-order chi connectivity index (χ0) is 23.5. The SMILES string of the molecule is CCCNC(=O)C(Cc1ccccc1)N(Cc1cccc(Br)c1)C(=O)COc1ccccc1. The van der Waals surface area contributed by atoms with Crippen LogP contribution >= 0.6 is 15.9 Å². The highest BCUT2D eigenvalue weighted by atomic mass is 79.9. The first-order valence-electron chi connectivity index (χ1n) is 11.1. The lowest BCUT2D eigenvalue weighted by Gasteiger charge is -2.31. The highest BCUT2D eigenvalue weighted by molar-refractivity contribution is 9.10. The molecule has 3 aromatic rings. The predicted molar refractivity (Wildman–Crippen MR) is 134 cm³/mol. The Hall–Kier alpha value is -3.12. The van der Waals surface area contributed by atoms with E-state index in [1.807, 2.05) is 79.7 Å². The van der Waals surface area contributed by atoms with Gasteiger partial charge >= 0.3 is 0 Å². The fraction of sp³-hybridized carbons (Fsp3) is 0.259. The highest BCUT2D eigenvalue weighted by Gasteiger charge is 2.30. The first kappa shape index (κ1) is 24.5. The van der Waals surface area contributed by atoms with Crippen LogP contribution in [0.15, 0.2) is 89.4 Å². The summed E-state index contributed by atoms with van der Waals surface area (Å²) < 4.78 is 6.66. The van der Waals surface area contributed by atoms with Gasteiger partial charge in [0.2, 0.25) is 5.91 Å². The number of benzene rings is 3. The molecule has 1 unspecified atom stereocenters. The Morgan fingerprint density at radius 1 is 0.939 bits per heavy atom. The van der Waals surface area contributed by atoms with E-state index < -0.39 is 6.04 Å². The summed E-state index contributed by atoms with van der Waals surface area (Å²) in [5, 5.41) is 2.98. The van der Waals surface area contributed by atoms with Gasteiger partial charge in [-0.3, -0.25) is 9.59 Å². The van der Waals surface area contributed by atoms with Crippen molar-refractivity contribution in [1.82, 2.24) is 10.2 Å². The molecule has 1 atom stereocenters. The molecule has 3 rings (SSSR count). The summed E-state index contributed by atoms with van der Waals surface area (Å²) in [7, 11) is 0. The maximum Gasteiger partial charge on any atom is 0.261 e. The van der Waals surface area contributed by atoms with Crippen LogP contribution in [0.4, 0.5) is 0 Å². The first-order valence-corrected chi connectivity index (χ1v) is 11.9. The van der Waals surface area contributed by atoms with Crippen molar-refractivity contribution in [2.24, 2.45) is 0 Å². The minimum absolute atomic E-state index is 0.148. The third kappa shape index (κ3) is 7.75. The zero-order valence-corrected chi connectivity index (χ0v) is 20.3. The fourth-order valence-electron chi connectivity index (χ4n) is 3.50. The average Bonchev–Trinajstić information content (AvgIpc) is 2.84. The number of hydrogen-bond acceptors (Lipinski definition) is 3. The molecule has 2 amide bonds. The van der Waals surface area contributed by atoms with E-state index in [0.29, 0.717) is 25.3 Å². The maximum absolute atomic E-state index is 13.4. The molecule has 3 aromatic carbocycles. The molecule has 0 aliphatic carbocycles. The molecule has 0 fully saturated rings. The molecule has 0 spiro atoms. The summed E-state index contributed by atoms with van der Waals surface area (Å²) in [6.07, 6.45) is 1.24. The lowest BCUT2D eigenvalue weighted by Crippen LogP contribution is -2.51. The summed E-state index contributed by atoms with van der Waals surface area (Å²) >= 11 is 3.50. The van der Waals surface area contributed by atoms with E-state index in [9.17, 15) is 9.59 Å². The molecule has 33 heavy (non-hydrogen) atoms. The summed E-state index contributed by atoms with van der Waals surface area (Å²) in [6, 6.07) is 26.1. The van der Waals surface area contributed by atoms with E-state index in [1.54, 1.807) is 17.0 Å². The molecule has 6 heteroatoms. The Bertz CT molecular complexity index is 1030. The van der Waals surface area contributed by atoms with Crippen LogP contribution in [0, 0.1) is 0 Å². The molecule has 1 N–H and O–H groups in total. The van der Waals surface area contributed by atoms with Crippen molar-refractivity contribution in [2.75, 3.05) is 13.2 Å². The largest absolute Gasteiger partial charge is 0.484 e. The van der Waals surface area contributed by atoms with Gasteiger partial charge in [0.1, 0.15) is 11.8 Å². The summed E-state index contributed by atoms with van der Waals surface area (Å²) in [5.74, 6) is 0.207. The van der Waals surface area contributed by atoms with Gasteiger partial charge in [-0.1, -0.05) is 83.5 Å². The number of carbonyl (C=O) groups excluding carboxylic acids is 2. The summed E-state index contributed by atoms with van der Waals surface area (Å²) in [5.41, 5.74) is 1.92. The molecule has 0 saturated heterocycles. The molecule has 0 bridgehead atoms. The quantitative estimate of drug-likeness (QED) is 0.396. The molecule has 0 aromatic heterocycles. The molecule has 0 aliphatic heterocycles. The van der Waals surface area contributed by atoms with E-state index in [2.05, 4.69) is 21.2 Å². The van der Waals surface area contributed by atoms with Crippen LogP contribution < -0.4 is 10.1 Å². The monoisotopic (exact) mass is 508 g/mol. The smallest absolute Gasteiger partial charge is 0.261 e. The average molecular weight is 509 g/mol. The van der Waals surface area contributed by atoms with Gasteiger partial charge in [-0.15, -0.1) is 0 Å². The lowest BCUT2D eigenvalue weighted by atomic mass is 10.0. The Labute approximate surface area is 203 Å². The van der Waals surface area contributed by atoms with E-state index in [4.69, 9.17) is 4.74 Å². The van der Waals surface area contributed by atoms with Crippen molar-refractivity contribution in [3.05, 3.63) is 101 Å². The van der Waals surface area contributed by atoms with Gasteiger partial charge in [0, 0.05) is 24.0 Å². The Kier molecular flexibility index (Phi) is 9.51. The van der Waals surface area contributed by atoms with Gasteiger partial charge in [0.05, 0.1) is 0 Å². The molecular weight excluding hydrogens is 480 g/mol. The fourth-order valence-corrected chi connectivity index (χ4v) is 3.94. The van der Waals surface area contributed by atoms with Crippen LogP contribution in [0.2, 0.25) is 0 Å². The van der Waals surface area contributed by atoms with Crippen LogP contribution in [0.25, 0.3) is 0 Å². The lowest BCUT2D eigenvalue weighted by molar-refractivity contribution is -0.142. The van der Waals surface area contributed by atoms with Crippen molar-refractivity contribution in [1.29, 1.82) is 0 Å². The molecule has 0 saturated carbocycles. The summed E-state index contributed by atoms with van der Waals surface area (Å²) in [4.78, 5) is 28.3. The molecular formula is C27H29BrN2O3. The van der Waals surface area contributed by atoms with Crippen molar-refractivity contribution >= 4 is 27.7 Å². The number of amides is 2. The molecule has 0 heterocycles. The molecule has 0 aliphatic rings. The Morgan fingerprint density at radius 2 is 1.61 bits per heavy atom. The third-order valence-corrected chi connectivity index (χ3v) is 5.66. The van der Waals surface area contributed by atoms with Crippen LogP contribution in [0.1, 0.15) is 24.5 Å². The molecule has 172 valence electrons. The van der Waals surface area contributed by atoms with Crippen molar-refractivity contribution in [2.45, 2.75) is 32.4 Å². The van der Waals surface area contributed by atoms with Crippen LogP contribution in [-0.4, -0.2) is 35.9 Å². The predicted octanol–water partition coefficient (Wildman–Crippen LogP) is 4.99. The van der Waals surface area contributed by atoms with Crippen LogP contribution in [0.5, 0.6) is 5.75 Å². The minimum atomic E-state index is -0.662. The van der Waals surface area contributed by atoms with Gasteiger partial charge in [0.15, 0.2) is 6.61 Å².